The third-order valence-electron chi connectivity index (χ3n) is 3.36. The van der Waals surface area contributed by atoms with Crippen LogP contribution in [0.2, 0.25) is 0 Å². The fourth-order valence-corrected chi connectivity index (χ4v) is 1.87. The first-order valence-corrected chi connectivity index (χ1v) is 7.97. The van der Waals surface area contributed by atoms with Crippen LogP contribution in [0.15, 0.2) is 0 Å². The molecule has 0 rings (SSSR count). The van der Waals surface area contributed by atoms with E-state index in [1.807, 2.05) is 16.0 Å². The van der Waals surface area contributed by atoms with Gasteiger partial charge in [-0.15, -0.1) is 0 Å². The molecule has 15 heteroatoms. The van der Waals surface area contributed by atoms with Crippen molar-refractivity contribution in [3.8, 4) is 0 Å². The van der Waals surface area contributed by atoms with Crippen LogP contribution in [0.25, 0.3) is 0 Å². The summed E-state index contributed by atoms with van der Waals surface area (Å²) in [6.45, 7) is -2.02. The highest BCUT2D eigenvalue weighted by molar-refractivity contribution is 5.96. The predicted molar refractivity (Wildman–Crippen MR) is 90.1 cm³/mol. The Morgan fingerprint density at radius 1 is 0.655 bits per heavy atom. The molecule has 0 aliphatic rings. The number of aliphatic hydroxyl groups is 2. The van der Waals surface area contributed by atoms with Crippen LogP contribution in [0.4, 0.5) is 0 Å². The molecule has 15 nitrogen and oxygen atoms in total. The topological polar surface area (TPSA) is 266 Å². The molecule has 0 bridgehead atoms. The van der Waals surface area contributed by atoms with Gasteiger partial charge in [0.2, 0.25) is 17.7 Å². The minimum absolute atomic E-state index is 0.770. The van der Waals surface area contributed by atoms with Crippen molar-refractivity contribution in [2.75, 3.05) is 13.2 Å². The molecule has 0 aliphatic heterocycles. The highest BCUT2D eigenvalue weighted by Gasteiger charge is 2.31. The van der Waals surface area contributed by atoms with Gasteiger partial charge in [0.15, 0.2) is 0 Å². The average Bonchev–Trinajstić information content (AvgIpc) is 2.61. The van der Waals surface area contributed by atoms with Crippen LogP contribution in [0.3, 0.4) is 0 Å². The van der Waals surface area contributed by atoms with Crippen LogP contribution in [0, 0.1) is 0 Å². The highest BCUT2D eigenvalue weighted by atomic mass is 16.4. The van der Waals surface area contributed by atoms with E-state index in [0.29, 0.717) is 0 Å². The number of carboxylic acids is 3. The standard InChI is InChI=1S/C14H22N4O11/c15-5(1-9(21)22)11(25)17-7(3-19)13(27)16-6(2-10(23)24)12(26)18-8(4-20)14(28)29/h5-8,19-20H,1-4,15H2,(H,16,27)(H,17,25)(H,18,26)(H,21,22)(H,23,24)(H,28,29)/t5-,6-,7-,8-/m0/s1. The number of aliphatic carboxylic acids is 3. The summed E-state index contributed by atoms with van der Waals surface area (Å²) in [5, 5.41) is 50.0. The van der Waals surface area contributed by atoms with Gasteiger partial charge in [-0.05, 0) is 0 Å². The Morgan fingerprint density at radius 2 is 1.07 bits per heavy atom. The fourth-order valence-electron chi connectivity index (χ4n) is 1.87. The Labute approximate surface area is 162 Å². The number of nitrogens with one attached hydrogen (secondary N) is 3. The summed E-state index contributed by atoms with van der Waals surface area (Å²) in [6.07, 6.45) is -1.76. The monoisotopic (exact) mass is 422 g/mol. The second-order valence-corrected chi connectivity index (χ2v) is 5.69. The Balaban J connectivity index is 5.19. The molecular weight excluding hydrogens is 400 g/mol. The number of carbonyl (C=O) groups excluding carboxylic acids is 3. The number of hydrogen-bond acceptors (Lipinski definition) is 9. The van der Waals surface area contributed by atoms with E-state index in [-0.39, 0.29) is 0 Å². The Morgan fingerprint density at radius 3 is 1.48 bits per heavy atom. The molecular formula is C14H22N4O11. The van der Waals surface area contributed by atoms with Crippen LogP contribution >= 0.6 is 0 Å². The Kier molecular flexibility index (Phi) is 10.8. The molecule has 0 aromatic rings. The van der Waals surface area contributed by atoms with Crippen molar-refractivity contribution in [2.24, 2.45) is 5.73 Å². The van der Waals surface area contributed by atoms with E-state index in [4.69, 9.17) is 26.2 Å². The number of nitrogens with two attached hydrogens (primary N) is 1. The molecule has 0 saturated carbocycles. The third kappa shape index (κ3) is 9.45. The van der Waals surface area contributed by atoms with Crippen molar-refractivity contribution < 1.29 is 54.3 Å². The van der Waals surface area contributed by atoms with Gasteiger partial charge in [0.1, 0.15) is 18.1 Å². The van der Waals surface area contributed by atoms with E-state index in [1.165, 1.54) is 0 Å². The largest absolute Gasteiger partial charge is 0.481 e. The van der Waals surface area contributed by atoms with Gasteiger partial charge in [0.05, 0.1) is 32.1 Å². The average molecular weight is 422 g/mol. The minimum Gasteiger partial charge on any atom is -0.481 e. The molecule has 0 aliphatic carbocycles. The van der Waals surface area contributed by atoms with Crippen LogP contribution in [0.1, 0.15) is 12.8 Å². The van der Waals surface area contributed by atoms with Crippen molar-refractivity contribution in [2.45, 2.75) is 37.0 Å². The number of aliphatic hydroxyl groups excluding tert-OH is 2. The number of amides is 3. The first-order valence-electron chi connectivity index (χ1n) is 7.97. The van der Waals surface area contributed by atoms with E-state index >= 15 is 0 Å². The van der Waals surface area contributed by atoms with Crippen LogP contribution in [-0.4, -0.2) is 98.5 Å². The van der Waals surface area contributed by atoms with Crippen LogP contribution in [-0.2, 0) is 28.8 Å². The smallest absolute Gasteiger partial charge is 0.328 e. The van der Waals surface area contributed by atoms with Crippen molar-refractivity contribution >= 4 is 35.6 Å². The molecule has 0 fully saturated rings. The summed E-state index contributed by atoms with van der Waals surface area (Å²) in [5.74, 6) is -8.14. The quantitative estimate of drug-likeness (QED) is 0.135. The first kappa shape index (κ1) is 25.7. The van der Waals surface area contributed by atoms with E-state index < -0.39 is 85.9 Å². The van der Waals surface area contributed by atoms with Crippen molar-refractivity contribution in [1.29, 1.82) is 0 Å². The molecule has 3 amide bonds. The zero-order chi connectivity index (χ0) is 22.7. The van der Waals surface area contributed by atoms with E-state index in [9.17, 15) is 33.9 Å². The van der Waals surface area contributed by atoms with Gasteiger partial charge in [-0.2, -0.15) is 0 Å². The summed E-state index contributed by atoms with van der Waals surface area (Å²) in [5.41, 5.74) is 5.31. The maximum Gasteiger partial charge on any atom is 0.328 e. The molecule has 0 radical (unpaired) electrons. The molecule has 0 heterocycles. The number of hydrogen-bond donors (Lipinski definition) is 9. The van der Waals surface area contributed by atoms with Gasteiger partial charge in [0, 0.05) is 0 Å². The number of carboxylic acid groups (broad SMARTS) is 3. The first-order chi connectivity index (χ1) is 13.4. The second-order valence-electron chi connectivity index (χ2n) is 5.69. The predicted octanol–water partition coefficient (Wildman–Crippen LogP) is -5.21. The van der Waals surface area contributed by atoms with Gasteiger partial charge in [0.25, 0.3) is 0 Å². The van der Waals surface area contributed by atoms with E-state index in [1.54, 1.807) is 0 Å². The lowest BCUT2D eigenvalue weighted by atomic mass is 10.1. The second kappa shape index (κ2) is 12.2. The van der Waals surface area contributed by atoms with Crippen molar-refractivity contribution in [3.05, 3.63) is 0 Å². The highest BCUT2D eigenvalue weighted by Crippen LogP contribution is 1.98. The van der Waals surface area contributed by atoms with Gasteiger partial charge in [-0.1, -0.05) is 0 Å². The van der Waals surface area contributed by atoms with Crippen LogP contribution < -0.4 is 21.7 Å². The molecule has 4 atom stereocenters. The number of rotatable bonds is 13. The van der Waals surface area contributed by atoms with Gasteiger partial charge < -0.3 is 47.2 Å². The number of carbonyl (C=O) groups is 6. The molecule has 0 aromatic heterocycles. The van der Waals surface area contributed by atoms with Gasteiger partial charge >= 0.3 is 17.9 Å². The molecule has 164 valence electrons. The maximum atomic E-state index is 12.2. The minimum atomic E-state index is -1.81. The summed E-state index contributed by atoms with van der Waals surface area (Å²) in [4.78, 5) is 68.2. The van der Waals surface area contributed by atoms with Crippen LogP contribution in [0.5, 0.6) is 0 Å². The Hall–Kier alpha value is -3.30. The molecule has 0 unspecified atom stereocenters. The lowest BCUT2D eigenvalue weighted by Gasteiger charge is -2.23. The normalized spacial score (nSPS) is 14.6. The molecule has 29 heavy (non-hydrogen) atoms. The molecule has 10 N–H and O–H groups in total. The fraction of sp³-hybridized carbons (Fsp3) is 0.571. The van der Waals surface area contributed by atoms with Gasteiger partial charge in [-0.3, -0.25) is 24.0 Å². The SMILES string of the molecule is N[C@@H](CC(=O)O)C(=O)N[C@@H](CO)C(=O)N[C@@H](CC(=O)O)C(=O)N[C@@H](CO)C(=O)O. The van der Waals surface area contributed by atoms with Gasteiger partial charge in [-0.25, -0.2) is 4.79 Å². The summed E-state index contributed by atoms with van der Waals surface area (Å²) >= 11 is 0. The lowest BCUT2D eigenvalue weighted by Crippen LogP contribution is -2.58. The van der Waals surface area contributed by atoms with Crippen molar-refractivity contribution in [1.82, 2.24) is 16.0 Å². The van der Waals surface area contributed by atoms with E-state index in [0.717, 1.165) is 0 Å². The summed E-state index contributed by atoms with van der Waals surface area (Å²) in [6, 6.07) is -6.84. The summed E-state index contributed by atoms with van der Waals surface area (Å²) < 4.78 is 0. The zero-order valence-corrected chi connectivity index (χ0v) is 14.9. The summed E-state index contributed by atoms with van der Waals surface area (Å²) in [7, 11) is 0. The van der Waals surface area contributed by atoms with E-state index in [2.05, 4.69) is 0 Å². The molecule has 0 spiro atoms. The molecule has 0 aromatic carbocycles. The Bertz CT molecular complexity index is 653. The lowest BCUT2D eigenvalue weighted by molar-refractivity contribution is -0.144. The third-order valence-corrected chi connectivity index (χ3v) is 3.36. The van der Waals surface area contributed by atoms with Crippen molar-refractivity contribution in [3.63, 3.8) is 0 Å². The molecule has 0 saturated heterocycles. The maximum absolute atomic E-state index is 12.2. The zero-order valence-electron chi connectivity index (χ0n) is 14.9.